The van der Waals surface area contributed by atoms with E-state index < -0.39 is 24.0 Å². The summed E-state index contributed by atoms with van der Waals surface area (Å²) in [6, 6.07) is -1.57. The van der Waals surface area contributed by atoms with E-state index in [-0.39, 0.29) is 0 Å². The number of carbonyl (C=O) groups is 2. The number of rotatable bonds is 11. The molecule has 0 aromatic carbocycles. The van der Waals surface area contributed by atoms with Crippen LogP contribution in [0.2, 0.25) is 0 Å². The summed E-state index contributed by atoms with van der Waals surface area (Å²) in [6.07, 6.45) is 3.85. The van der Waals surface area contributed by atoms with Gasteiger partial charge in [0.2, 0.25) is 5.91 Å². The van der Waals surface area contributed by atoms with Crippen molar-refractivity contribution in [1.82, 2.24) is 5.32 Å². The van der Waals surface area contributed by atoms with Crippen LogP contribution >= 0.6 is 0 Å². The summed E-state index contributed by atoms with van der Waals surface area (Å²) in [5.74, 6) is -1.46. The number of carboxylic acids is 1. The van der Waals surface area contributed by atoms with Crippen LogP contribution in [-0.4, -0.2) is 42.2 Å². The van der Waals surface area contributed by atoms with E-state index in [9.17, 15) is 9.59 Å². The summed E-state index contributed by atoms with van der Waals surface area (Å²) in [5, 5.41) is 11.5. The molecule has 0 heterocycles. The molecule has 0 saturated carbocycles. The van der Waals surface area contributed by atoms with Gasteiger partial charge in [0.05, 0.1) is 6.04 Å². The van der Waals surface area contributed by atoms with E-state index in [0.29, 0.717) is 32.4 Å². The minimum atomic E-state index is -1.04. The van der Waals surface area contributed by atoms with Gasteiger partial charge >= 0.3 is 5.97 Å². The standard InChI is InChI=1S/C12H26N4O3/c13-7-3-1-5-9(15)11(17)16-10(12(18)19)6-2-4-8-14/h9-10H,1-8,13-15H2,(H,16,17)(H,18,19)/t9-,10+/m1/s1. The summed E-state index contributed by atoms with van der Waals surface area (Å²) in [7, 11) is 0. The number of hydrogen-bond acceptors (Lipinski definition) is 5. The quantitative estimate of drug-likeness (QED) is 0.310. The van der Waals surface area contributed by atoms with E-state index in [1.807, 2.05) is 0 Å². The second-order valence-corrected chi connectivity index (χ2v) is 4.57. The summed E-state index contributed by atoms with van der Waals surface area (Å²) < 4.78 is 0. The summed E-state index contributed by atoms with van der Waals surface area (Å²) in [5.41, 5.74) is 16.4. The van der Waals surface area contributed by atoms with Crippen LogP contribution in [0, 0.1) is 0 Å². The molecule has 0 radical (unpaired) electrons. The predicted octanol–water partition coefficient (Wildman–Crippen LogP) is -0.859. The van der Waals surface area contributed by atoms with Gasteiger partial charge in [0.25, 0.3) is 0 Å². The van der Waals surface area contributed by atoms with Crippen molar-refractivity contribution in [3.05, 3.63) is 0 Å². The van der Waals surface area contributed by atoms with Crippen LogP contribution in [0.4, 0.5) is 0 Å². The molecule has 1 amide bonds. The molecule has 8 N–H and O–H groups in total. The van der Waals surface area contributed by atoms with Gasteiger partial charge in [0, 0.05) is 0 Å². The van der Waals surface area contributed by atoms with Crippen molar-refractivity contribution in [2.24, 2.45) is 17.2 Å². The Bertz CT molecular complexity index is 274. The van der Waals surface area contributed by atoms with Gasteiger partial charge in [-0.3, -0.25) is 4.79 Å². The number of nitrogens with two attached hydrogens (primary N) is 3. The zero-order valence-corrected chi connectivity index (χ0v) is 11.3. The third-order valence-electron chi connectivity index (χ3n) is 2.87. The van der Waals surface area contributed by atoms with E-state index in [2.05, 4.69) is 5.32 Å². The Balaban J connectivity index is 4.11. The summed E-state index contributed by atoms with van der Waals surface area (Å²) >= 11 is 0. The molecule has 0 saturated heterocycles. The summed E-state index contributed by atoms with van der Waals surface area (Å²) in [6.45, 7) is 1.07. The molecule has 0 spiro atoms. The van der Waals surface area contributed by atoms with E-state index >= 15 is 0 Å². The minimum Gasteiger partial charge on any atom is -0.480 e. The number of amides is 1. The lowest BCUT2D eigenvalue weighted by molar-refractivity contribution is -0.142. The van der Waals surface area contributed by atoms with E-state index in [4.69, 9.17) is 22.3 Å². The number of unbranched alkanes of at least 4 members (excludes halogenated alkanes) is 2. The fourth-order valence-electron chi connectivity index (χ4n) is 1.67. The van der Waals surface area contributed by atoms with Crippen LogP contribution in [0.3, 0.4) is 0 Å². The number of aliphatic carboxylic acids is 1. The molecule has 0 aliphatic rings. The zero-order valence-electron chi connectivity index (χ0n) is 11.3. The maximum absolute atomic E-state index is 11.7. The third kappa shape index (κ3) is 8.52. The molecule has 0 fully saturated rings. The first-order valence-corrected chi connectivity index (χ1v) is 6.71. The Morgan fingerprint density at radius 1 is 1.00 bits per heavy atom. The molecular formula is C12H26N4O3. The van der Waals surface area contributed by atoms with Crippen LogP contribution in [-0.2, 0) is 9.59 Å². The molecule has 0 rings (SSSR count). The smallest absolute Gasteiger partial charge is 0.326 e. The number of nitrogens with one attached hydrogen (secondary N) is 1. The highest BCUT2D eigenvalue weighted by Crippen LogP contribution is 2.03. The van der Waals surface area contributed by atoms with Gasteiger partial charge in [-0.05, 0) is 45.2 Å². The van der Waals surface area contributed by atoms with Crippen LogP contribution in [0.15, 0.2) is 0 Å². The van der Waals surface area contributed by atoms with Gasteiger partial charge in [-0.15, -0.1) is 0 Å². The van der Waals surface area contributed by atoms with Crippen molar-refractivity contribution in [1.29, 1.82) is 0 Å². The van der Waals surface area contributed by atoms with Crippen molar-refractivity contribution in [2.75, 3.05) is 13.1 Å². The van der Waals surface area contributed by atoms with Crippen LogP contribution in [0.1, 0.15) is 38.5 Å². The van der Waals surface area contributed by atoms with Crippen molar-refractivity contribution in [3.63, 3.8) is 0 Å². The fraction of sp³-hybridized carbons (Fsp3) is 0.833. The van der Waals surface area contributed by atoms with Crippen LogP contribution in [0.25, 0.3) is 0 Å². The van der Waals surface area contributed by atoms with Crippen LogP contribution in [0.5, 0.6) is 0 Å². The molecule has 7 nitrogen and oxygen atoms in total. The first-order chi connectivity index (χ1) is 9.02. The average molecular weight is 274 g/mol. The molecule has 112 valence electrons. The number of hydrogen-bond donors (Lipinski definition) is 5. The Morgan fingerprint density at radius 2 is 1.53 bits per heavy atom. The molecule has 0 aliphatic heterocycles. The lowest BCUT2D eigenvalue weighted by Gasteiger charge is -2.17. The second-order valence-electron chi connectivity index (χ2n) is 4.57. The van der Waals surface area contributed by atoms with Crippen molar-refractivity contribution < 1.29 is 14.7 Å². The summed E-state index contributed by atoms with van der Waals surface area (Å²) in [4.78, 5) is 22.7. The number of carboxylic acid groups (broad SMARTS) is 1. The molecule has 0 bridgehead atoms. The Hall–Kier alpha value is -1.18. The average Bonchev–Trinajstić information content (AvgIpc) is 2.37. The van der Waals surface area contributed by atoms with Gasteiger partial charge in [0.1, 0.15) is 6.04 Å². The third-order valence-corrected chi connectivity index (χ3v) is 2.87. The topological polar surface area (TPSA) is 144 Å². The Kier molecular flexibility index (Phi) is 10.1. The SMILES string of the molecule is NCCCC[C@@H](N)C(=O)N[C@@H](CCCCN)C(=O)O. The molecule has 7 heteroatoms. The van der Waals surface area contributed by atoms with Crippen molar-refractivity contribution in [3.8, 4) is 0 Å². The van der Waals surface area contributed by atoms with Crippen molar-refractivity contribution >= 4 is 11.9 Å². The highest BCUT2D eigenvalue weighted by atomic mass is 16.4. The van der Waals surface area contributed by atoms with Crippen molar-refractivity contribution in [2.45, 2.75) is 50.6 Å². The normalized spacial score (nSPS) is 13.8. The maximum Gasteiger partial charge on any atom is 0.326 e. The van der Waals surface area contributed by atoms with E-state index in [0.717, 1.165) is 19.3 Å². The monoisotopic (exact) mass is 274 g/mol. The van der Waals surface area contributed by atoms with Crippen LogP contribution < -0.4 is 22.5 Å². The van der Waals surface area contributed by atoms with Gasteiger partial charge in [-0.1, -0.05) is 6.42 Å². The lowest BCUT2D eigenvalue weighted by Crippen LogP contribution is -2.48. The zero-order chi connectivity index (χ0) is 14.7. The second kappa shape index (κ2) is 10.7. The van der Waals surface area contributed by atoms with Gasteiger partial charge in [-0.25, -0.2) is 4.79 Å². The van der Waals surface area contributed by atoms with E-state index in [1.165, 1.54) is 0 Å². The molecule has 0 unspecified atom stereocenters. The van der Waals surface area contributed by atoms with E-state index in [1.54, 1.807) is 0 Å². The minimum absolute atomic E-state index is 0.369. The molecule has 2 atom stereocenters. The molecule has 0 aliphatic carbocycles. The fourth-order valence-corrected chi connectivity index (χ4v) is 1.67. The molecule has 0 aromatic heterocycles. The first-order valence-electron chi connectivity index (χ1n) is 6.71. The molecule has 0 aromatic rings. The molecular weight excluding hydrogens is 248 g/mol. The highest BCUT2D eigenvalue weighted by molar-refractivity contribution is 5.86. The highest BCUT2D eigenvalue weighted by Gasteiger charge is 2.22. The lowest BCUT2D eigenvalue weighted by atomic mass is 10.1. The van der Waals surface area contributed by atoms with Gasteiger partial charge < -0.3 is 27.6 Å². The predicted molar refractivity (Wildman–Crippen MR) is 73.4 cm³/mol. The molecule has 19 heavy (non-hydrogen) atoms. The first kappa shape index (κ1) is 17.8. The largest absolute Gasteiger partial charge is 0.480 e. The van der Waals surface area contributed by atoms with Gasteiger partial charge in [-0.2, -0.15) is 0 Å². The Morgan fingerprint density at radius 3 is 2.00 bits per heavy atom. The maximum atomic E-state index is 11.7. The van der Waals surface area contributed by atoms with Gasteiger partial charge in [0.15, 0.2) is 0 Å². The Labute approximate surface area is 113 Å². The number of carbonyl (C=O) groups excluding carboxylic acids is 1.